The van der Waals surface area contributed by atoms with Gasteiger partial charge in [0.15, 0.2) is 5.82 Å². The zero-order valence-electron chi connectivity index (χ0n) is 10.1. The summed E-state index contributed by atoms with van der Waals surface area (Å²) in [5.74, 6) is 0.473. The molecule has 17 heavy (non-hydrogen) atoms. The third-order valence-corrected chi connectivity index (χ3v) is 2.71. The predicted molar refractivity (Wildman–Crippen MR) is 64.9 cm³/mol. The van der Waals surface area contributed by atoms with E-state index in [-0.39, 0.29) is 5.78 Å². The van der Waals surface area contributed by atoms with Crippen molar-refractivity contribution in [2.75, 3.05) is 0 Å². The second-order valence-corrected chi connectivity index (χ2v) is 3.97. The van der Waals surface area contributed by atoms with E-state index in [0.717, 1.165) is 12.1 Å². The van der Waals surface area contributed by atoms with Crippen LogP contribution in [0.15, 0.2) is 30.7 Å². The highest BCUT2D eigenvalue weighted by molar-refractivity contribution is 5.94. The van der Waals surface area contributed by atoms with Crippen molar-refractivity contribution >= 4 is 5.78 Å². The summed E-state index contributed by atoms with van der Waals surface area (Å²) < 4.78 is 1.72. The molecule has 0 spiro atoms. The molecule has 2 aromatic heterocycles. The summed E-state index contributed by atoms with van der Waals surface area (Å²) in [6.45, 7) is 2.08. The van der Waals surface area contributed by atoms with Gasteiger partial charge in [0.2, 0.25) is 5.78 Å². The molecule has 0 aromatic carbocycles. The molecule has 0 saturated heterocycles. The molecule has 0 saturated carbocycles. The maximum absolute atomic E-state index is 11.9. The molecule has 0 bridgehead atoms. The zero-order chi connectivity index (χ0) is 12.3. The molecule has 2 heterocycles. The van der Waals surface area contributed by atoms with Crippen molar-refractivity contribution < 1.29 is 4.79 Å². The zero-order valence-corrected chi connectivity index (χ0v) is 10.1. The van der Waals surface area contributed by atoms with Crippen LogP contribution in [-0.2, 0) is 19.9 Å². The van der Waals surface area contributed by atoms with Crippen LogP contribution >= 0.6 is 0 Å². The number of aryl methyl sites for hydroxylation is 2. The highest BCUT2D eigenvalue weighted by atomic mass is 16.1. The van der Waals surface area contributed by atoms with Crippen LogP contribution in [0.2, 0.25) is 0 Å². The number of ketones is 1. The first-order valence-corrected chi connectivity index (χ1v) is 5.65. The number of pyridine rings is 1. The van der Waals surface area contributed by atoms with Crippen molar-refractivity contribution in [3.05, 3.63) is 47.8 Å². The fraction of sp³-hybridized carbons (Fsp3) is 0.308. The normalized spacial score (nSPS) is 10.5. The van der Waals surface area contributed by atoms with Gasteiger partial charge in [-0.3, -0.25) is 9.78 Å². The van der Waals surface area contributed by atoms with Crippen LogP contribution in [-0.4, -0.2) is 20.3 Å². The van der Waals surface area contributed by atoms with Gasteiger partial charge in [0.25, 0.3) is 0 Å². The molecular weight excluding hydrogens is 214 g/mol. The van der Waals surface area contributed by atoms with E-state index in [0.29, 0.717) is 12.2 Å². The Bertz CT molecular complexity index is 514. The Hall–Kier alpha value is -1.97. The number of imidazole rings is 1. The van der Waals surface area contributed by atoms with Gasteiger partial charge in [0, 0.05) is 31.3 Å². The van der Waals surface area contributed by atoms with Crippen LogP contribution in [0.25, 0.3) is 0 Å². The second kappa shape index (κ2) is 4.91. The molecule has 0 atom stereocenters. The molecule has 0 aliphatic rings. The van der Waals surface area contributed by atoms with Crippen molar-refractivity contribution in [3.63, 3.8) is 0 Å². The molecule has 0 aliphatic carbocycles. The van der Waals surface area contributed by atoms with Crippen LogP contribution < -0.4 is 0 Å². The van der Waals surface area contributed by atoms with E-state index in [2.05, 4.69) is 16.9 Å². The number of nitrogens with zero attached hydrogens (tertiary/aromatic N) is 3. The van der Waals surface area contributed by atoms with E-state index in [1.807, 2.05) is 25.4 Å². The minimum Gasteiger partial charge on any atom is -0.332 e. The SMILES string of the molecule is CCc1ccc(CC(=O)c2nccn2C)nc1. The van der Waals surface area contributed by atoms with Crippen molar-refractivity contribution in [2.24, 2.45) is 7.05 Å². The molecule has 0 unspecified atom stereocenters. The van der Waals surface area contributed by atoms with Gasteiger partial charge >= 0.3 is 0 Å². The minimum atomic E-state index is -0.00533. The lowest BCUT2D eigenvalue weighted by atomic mass is 10.1. The van der Waals surface area contributed by atoms with Gasteiger partial charge in [-0.05, 0) is 18.1 Å². The van der Waals surface area contributed by atoms with E-state index in [1.165, 1.54) is 5.56 Å². The van der Waals surface area contributed by atoms with Crippen LogP contribution in [0.1, 0.15) is 28.8 Å². The molecule has 88 valence electrons. The molecule has 2 aromatic rings. The Morgan fingerprint density at radius 1 is 1.35 bits per heavy atom. The number of rotatable bonds is 4. The summed E-state index contributed by atoms with van der Waals surface area (Å²) in [6.07, 6.45) is 6.47. The lowest BCUT2D eigenvalue weighted by molar-refractivity contribution is 0.0979. The van der Waals surface area contributed by atoms with Crippen molar-refractivity contribution in [1.29, 1.82) is 0 Å². The molecule has 4 nitrogen and oxygen atoms in total. The predicted octanol–water partition coefficient (Wildman–Crippen LogP) is 1.80. The van der Waals surface area contributed by atoms with Crippen LogP contribution in [0.4, 0.5) is 0 Å². The van der Waals surface area contributed by atoms with Gasteiger partial charge in [-0.15, -0.1) is 0 Å². The summed E-state index contributed by atoms with van der Waals surface area (Å²) in [6, 6.07) is 3.91. The molecule has 0 radical (unpaired) electrons. The topological polar surface area (TPSA) is 47.8 Å². The number of carbonyl (C=O) groups is 1. The molecule has 2 rings (SSSR count). The lowest BCUT2D eigenvalue weighted by Crippen LogP contribution is -2.11. The van der Waals surface area contributed by atoms with Gasteiger partial charge < -0.3 is 4.57 Å². The summed E-state index contributed by atoms with van der Waals surface area (Å²) in [5.41, 5.74) is 1.97. The van der Waals surface area contributed by atoms with E-state index in [1.54, 1.807) is 17.0 Å². The Kier molecular flexibility index (Phi) is 3.32. The van der Waals surface area contributed by atoms with E-state index >= 15 is 0 Å². The molecule has 0 N–H and O–H groups in total. The summed E-state index contributed by atoms with van der Waals surface area (Å²) in [4.78, 5) is 20.2. The molecule has 0 fully saturated rings. The first kappa shape index (κ1) is 11.5. The standard InChI is InChI=1S/C13H15N3O/c1-3-10-4-5-11(15-9-10)8-12(17)13-14-6-7-16(13)2/h4-7,9H,3,8H2,1-2H3. The maximum Gasteiger partial charge on any atom is 0.204 e. The minimum absolute atomic E-state index is 0.00533. The van der Waals surface area contributed by atoms with E-state index in [4.69, 9.17) is 0 Å². The van der Waals surface area contributed by atoms with Crippen LogP contribution in [0.5, 0.6) is 0 Å². The maximum atomic E-state index is 11.9. The summed E-state index contributed by atoms with van der Waals surface area (Å²) in [5, 5.41) is 0. The Balaban J connectivity index is 2.10. The molecule has 0 aliphatic heterocycles. The number of hydrogen-bond acceptors (Lipinski definition) is 3. The summed E-state index contributed by atoms with van der Waals surface area (Å²) in [7, 11) is 1.81. The third kappa shape index (κ3) is 2.58. The highest BCUT2D eigenvalue weighted by Crippen LogP contribution is 2.05. The van der Waals surface area contributed by atoms with Gasteiger partial charge in [-0.2, -0.15) is 0 Å². The van der Waals surface area contributed by atoms with Gasteiger partial charge in [0.05, 0.1) is 6.42 Å². The second-order valence-electron chi connectivity index (χ2n) is 3.97. The monoisotopic (exact) mass is 229 g/mol. The van der Waals surface area contributed by atoms with Crippen LogP contribution in [0.3, 0.4) is 0 Å². The Morgan fingerprint density at radius 3 is 2.71 bits per heavy atom. The van der Waals surface area contributed by atoms with Gasteiger partial charge in [-0.25, -0.2) is 4.98 Å². The van der Waals surface area contributed by atoms with Gasteiger partial charge in [0.1, 0.15) is 0 Å². The first-order valence-electron chi connectivity index (χ1n) is 5.65. The average molecular weight is 229 g/mol. The van der Waals surface area contributed by atoms with Crippen molar-refractivity contribution in [2.45, 2.75) is 19.8 Å². The van der Waals surface area contributed by atoms with Gasteiger partial charge in [-0.1, -0.05) is 13.0 Å². The molecular formula is C13H15N3O. The van der Waals surface area contributed by atoms with Crippen molar-refractivity contribution in [1.82, 2.24) is 14.5 Å². The smallest absolute Gasteiger partial charge is 0.204 e. The number of hydrogen-bond donors (Lipinski definition) is 0. The number of Topliss-reactive ketones (excluding diaryl/α,β-unsaturated/α-hetero) is 1. The quantitative estimate of drug-likeness (QED) is 0.751. The molecule has 4 heteroatoms. The summed E-state index contributed by atoms with van der Waals surface area (Å²) >= 11 is 0. The lowest BCUT2D eigenvalue weighted by Gasteiger charge is -2.02. The van der Waals surface area contributed by atoms with E-state index in [9.17, 15) is 4.79 Å². The van der Waals surface area contributed by atoms with Crippen LogP contribution in [0, 0.1) is 0 Å². The Morgan fingerprint density at radius 2 is 2.18 bits per heavy atom. The fourth-order valence-electron chi connectivity index (χ4n) is 1.65. The first-order chi connectivity index (χ1) is 8.20. The fourth-order valence-corrected chi connectivity index (χ4v) is 1.65. The third-order valence-electron chi connectivity index (χ3n) is 2.71. The van der Waals surface area contributed by atoms with E-state index < -0.39 is 0 Å². The number of aromatic nitrogens is 3. The Labute approximate surface area is 100 Å². The molecule has 0 amide bonds. The highest BCUT2D eigenvalue weighted by Gasteiger charge is 2.12. The average Bonchev–Trinajstić information content (AvgIpc) is 2.76. The van der Waals surface area contributed by atoms with Crippen molar-refractivity contribution in [3.8, 4) is 0 Å². The number of carbonyl (C=O) groups excluding carboxylic acids is 1. The largest absolute Gasteiger partial charge is 0.332 e.